The Morgan fingerprint density at radius 1 is 0.800 bits per heavy atom. The molecular weight excluding hydrogens is 370 g/mol. The number of anilines is 1. The highest BCUT2D eigenvalue weighted by Gasteiger charge is 1.99. The van der Waals surface area contributed by atoms with E-state index < -0.39 is 0 Å². The van der Waals surface area contributed by atoms with Crippen molar-refractivity contribution in [3.05, 3.63) is 71.1 Å². The number of carbonyl (C=O) groups excluding carboxylic acids is 1. The van der Waals surface area contributed by atoms with Gasteiger partial charge in [-0.3, -0.25) is 4.98 Å². The number of amides is 2. The number of nitrogens with zero attached hydrogens (tertiary/aromatic N) is 1. The fourth-order valence-electron chi connectivity index (χ4n) is 2.92. The average Bonchev–Trinajstić information content (AvgIpc) is 2.68. The lowest BCUT2D eigenvalue weighted by molar-refractivity contribution is 0.253. The van der Waals surface area contributed by atoms with Gasteiger partial charge in [-0.25, -0.2) is 4.79 Å². The number of urea groups is 1. The largest absolute Gasteiger partial charge is 0.334 e. The quantitative estimate of drug-likeness (QED) is 0.355. The molecule has 0 spiro atoms. The van der Waals surface area contributed by atoms with Gasteiger partial charge in [0.25, 0.3) is 0 Å². The minimum Gasteiger partial charge on any atom is -0.334 e. The Morgan fingerprint density at radius 2 is 1.30 bits per heavy atom. The first-order chi connectivity index (χ1) is 14.4. The molecule has 0 saturated carbocycles. The molecule has 0 bridgehead atoms. The van der Waals surface area contributed by atoms with Gasteiger partial charge in [0.15, 0.2) is 0 Å². The maximum Gasteiger partial charge on any atom is 0.319 e. The van der Waals surface area contributed by atoms with Crippen molar-refractivity contribution in [3.63, 3.8) is 0 Å². The summed E-state index contributed by atoms with van der Waals surface area (Å²) in [5.74, 6) is 0. The van der Waals surface area contributed by atoms with E-state index in [2.05, 4.69) is 74.5 Å². The first-order valence-electron chi connectivity index (χ1n) is 10.9. The number of rotatable bonds is 12. The smallest absolute Gasteiger partial charge is 0.319 e. The number of pyridine rings is 1. The first-order valence-corrected chi connectivity index (χ1v) is 10.9. The van der Waals surface area contributed by atoms with Crippen LogP contribution in [0.25, 0.3) is 0 Å². The molecule has 0 fully saturated rings. The average molecular weight is 410 g/mol. The Labute approximate surface area is 183 Å². The molecule has 30 heavy (non-hydrogen) atoms. The summed E-state index contributed by atoms with van der Waals surface area (Å²) in [6.45, 7) is 11.4. The van der Waals surface area contributed by atoms with Crippen molar-refractivity contribution in [1.29, 1.82) is 0 Å². The number of allylic oxidation sites excluding steroid dienone is 7. The van der Waals surface area contributed by atoms with Crippen molar-refractivity contribution in [2.24, 2.45) is 0 Å². The van der Waals surface area contributed by atoms with E-state index in [0.29, 0.717) is 6.54 Å². The Morgan fingerprint density at radius 3 is 1.83 bits per heavy atom. The zero-order chi connectivity index (χ0) is 22.2. The van der Waals surface area contributed by atoms with Gasteiger partial charge in [0.1, 0.15) is 0 Å². The van der Waals surface area contributed by atoms with E-state index in [9.17, 15) is 4.79 Å². The van der Waals surface area contributed by atoms with Crippen LogP contribution in [0.15, 0.2) is 71.1 Å². The van der Waals surface area contributed by atoms with Crippen molar-refractivity contribution in [2.75, 3.05) is 11.9 Å². The lowest BCUT2D eigenvalue weighted by Crippen LogP contribution is -2.28. The minimum absolute atomic E-state index is 0.204. The van der Waals surface area contributed by atoms with Gasteiger partial charge in [-0.05, 0) is 85.3 Å². The maximum absolute atomic E-state index is 11.8. The van der Waals surface area contributed by atoms with E-state index in [4.69, 9.17) is 0 Å². The molecule has 0 saturated heterocycles. The van der Waals surface area contributed by atoms with Gasteiger partial charge in [-0.1, -0.05) is 46.6 Å². The standard InChI is InChI=1S/C26H39N3O/c1-21(2)9-6-10-22(3)11-7-12-23(4)13-8-14-24(5)15-20-28-26(30)29-25-16-18-27-19-17-25/h9,11,13,15-19H,6-8,10,12,14,20H2,1-5H3,(H2,27,28,29,30). The summed E-state index contributed by atoms with van der Waals surface area (Å²) in [7, 11) is 0. The Hall–Kier alpha value is -2.62. The van der Waals surface area contributed by atoms with E-state index >= 15 is 0 Å². The van der Waals surface area contributed by atoms with Gasteiger partial charge in [-0.2, -0.15) is 0 Å². The van der Waals surface area contributed by atoms with E-state index in [-0.39, 0.29) is 6.03 Å². The second kappa shape index (κ2) is 15.3. The summed E-state index contributed by atoms with van der Waals surface area (Å²) in [6, 6.07) is 3.32. The third-order valence-corrected chi connectivity index (χ3v) is 4.81. The highest BCUT2D eigenvalue weighted by Crippen LogP contribution is 2.13. The summed E-state index contributed by atoms with van der Waals surface area (Å²) in [6.07, 6.45) is 19.0. The second-order valence-electron chi connectivity index (χ2n) is 8.12. The molecule has 0 aliphatic heterocycles. The molecule has 1 rings (SSSR count). The monoisotopic (exact) mass is 409 g/mol. The minimum atomic E-state index is -0.204. The molecule has 1 aromatic rings. The highest BCUT2D eigenvalue weighted by atomic mass is 16.2. The summed E-state index contributed by atoms with van der Waals surface area (Å²) in [5.41, 5.74) is 6.36. The van der Waals surface area contributed by atoms with E-state index in [1.807, 2.05) is 0 Å². The van der Waals surface area contributed by atoms with Crippen LogP contribution in [0.5, 0.6) is 0 Å². The summed E-state index contributed by atoms with van der Waals surface area (Å²) in [4.78, 5) is 15.8. The van der Waals surface area contributed by atoms with Crippen LogP contribution in [0.4, 0.5) is 10.5 Å². The van der Waals surface area contributed by atoms with Gasteiger partial charge < -0.3 is 10.6 Å². The van der Waals surface area contributed by atoms with Crippen molar-refractivity contribution in [2.45, 2.75) is 73.1 Å². The zero-order valence-electron chi connectivity index (χ0n) is 19.4. The summed E-state index contributed by atoms with van der Waals surface area (Å²) in [5, 5.41) is 5.63. The molecule has 0 radical (unpaired) electrons. The molecule has 4 heteroatoms. The summed E-state index contributed by atoms with van der Waals surface area (Å²) < 4.78 is 0. The number of nitrogens with one attached hydrogen (secondary N) is 2. The van der Waals surface area contributed by atoms with Crippen LogP contribution in [-0.4, -0.2) is 17.6 Å². The van der Waals surface area contributed by atoms with Crippen LogP contribution >= 0.6 is 0 Å². The van der Waals surface area contributed by atoms with E-state index in [1.54, 1.807) is 24.5 Å². The van der Waals surface area contributed by atoms with Crippen molar-refractivity contribution < 1.29 is 4.79 Å². The molecule has 4 nitrogen and oxygen atoms in total. The molecule has 1 heterocycles. The predicted octanol–water partition coefficient (Wildman–Crippen LogP) is 7.35. The Kier molecular flexibility index (Phi) is 12.9. The first kappa shape index (κ1) is 25.4. The highest BCUT2D eigenvalue weighted by molar-refractivity contribution is 5.89. The van der Waals surface area contributed by atoms with Crippen LogP contribution in [-0.2, 0) is 0 Å². The molecule has 0 aromatic carbocycles. The van der Waals surface area contributed by atoms with Gasteiger partial charge in [0, 0.05) is 24.6 Å². The number of hydrogen-bond acceptors (Lipinski definition) is 2. The normalized spacial score (nSPS) is 12.5. The predicted molar refractivity (Wildman–Crippen MR) is 130 cm³/mol. The molecule has 0 unspecified atom stereocenters. The van der Waals surface area contributed by atoms with Crippen LogP contribution < -0.4 is 10.6 Å². The number of hydrogen-bond donors (Lipinski definition) is 2. The van der Waals surface area contributed by atoms with E-state index in [0.717, 1.165) is 44.2 Å². The fraction of sp³-hybridized carbons (Fsp3) is 0.462. The van der Waals surface area contributed by atoms with Crippen molar-refractivity contribution in [3.8, 4) is 0 Å². The van der Waals surface area contributed by atoms with Crippen molar-refractivity contribution in [1.82, 2.24) is 10.3 Å². The van der Waals surface area contributed by atoms with Crippen LogP contribution in [0.1, 0.15) is 73.1 Å². The number of aromatic nitrogens is 1. The third-order valence-electron chi connectivity index (χ3n) is 4.81. The number of carbonyl (C=O) groups is 1. The maximum atomic E-state index is 11.8. The van der Waals surface area contributed by atoms with Gasteiger partial charge >= 0.3 is 6.03 Å². The lowest BCUT2D eigenvalue weighted by atomic mass is 10.0. The Bertz CT molecular complexity index is 754. The molecule has 2 N–H and O–H groups in total. The molecule has 0 aliphatic rings. The molecule has 1 aromatic heterocycles. The summed E-state index contributed by atoms with van der Waals surface area (Å²) >= 11 is 0. The topological polar surface area (TPSA) is 54.0 Å². The second-order valence-corrected chi connectivity index (χ2v) is 8.12. The molecular formula is C26H39N3O. The van der Waals surface area contributed by atoms with E-state index in [1.165, 1.54) is 22.3 Å². The zero-order valence-corrected chi connectivity index (χ0v) is 19.4. The molecule has 0 atom stereocenters. The van der Waals surface area contributed by atoms with Gasteiger partial charge in [0.2, 0.25) is 0 Å². The molecule has 2 amide bonds. The third kappa shape index (κ3) is 13.5. The van der Waals surface area contributed by atoms with Crippen LogP contribution in [0.2, 0.25) is 0 Å². The van der Waals surface area contributed by atoms with Gasteiger partial charge in [0.05, 0.1) is 0 Å². The molecule has 164 valence electrons. The van der Waals surface area contributed by atoms with Crippen LogP contribution in [0.3, 0.4) is 0 Å². The molecule has 0 aliphatic carbocycles. The fourth-order valence-corrected chi connectivity index (χ4v) is 2.92. The lowest BCUT2D eigenvalue weighted by Gasteiger charge is -2.06. The SMILES string of the molecule is CC(C)=CCCC(C)=CCCC(C)=CCCC(C)=CCNC(=O)Nc1ccncc1. The van der Waals surface area contributed by atoms with Crippen LogP contribution in [0, 0.1) is 0 Å². The van der Waals surface area contributed by atoms with Gasteiger partial charge in [-0.15, -0.1) is 0 Å². The van der Waals surface area contributed by atoms with Crippen molar-refractivity contribution >= 4 is 11.7 Å². The Balaban J connectivity index is 2.21.